The van der Waals surface area contributed by atoms with Gasteiger partial charge in [0.25, 0.3) is 0 Å². The van der Waals surface area contributed by atoms with Crippen LogP contribution in [0.5, 0.6) is 0 Å². The van der Waals surface area contributed by atoms with Gasteiger partial charge < -0.3 is 5.11 Å². The van der Waals surface area contributed by atoms with Gasteiger partial charge in [0.15, 0.2) is 0 Å². The highest BCUT2D eigenvalue weighted by Crippen LogP contribution is 2.22. The van der Waals surface area contributed by atoms with Crippen LogP contribution in [-0.4, -0.2) is 31.1 Å². The fourth-order valence-electron chi connectivity index (χ4n) is 1.31. The van der Waals surface area contributed by atoms with Crippen molar-refractivity contribution in [1.29, 1.82) is 0 Å². The number of aromatic nitrogens is 4. The maximum Gasteiger partial charge on any atom is 0.209 e. The van der Waals surface area contributed by atoms with Gasteiger partial charge in [0.05, 0.1) is 6.10 Å². The smallest absolute Gasteiger partial charge is 0.209 e. The first-order valence-corrected chi connectivity index (χ1v) is 5.94. The molecule has 0 spiro atoms. The summed E-state index contributed by atoms with van der Waals surface area (Å²) >= 11 is 1.32. The van der Waals surface area contributed by atoms with Crippen molar-refractivity contribution in [1.82, 2.24) is 20.2 Å². The van der Waals surface area contributed by atoms with Gasteiger partial charge in [0.2, 0.25) is 5.16 Å². The molecule has 17 heavy (non-hydrogen) atoms. The van der Waals surface area contributed by atoms with E-state index in [0.29, 0.717) is 16.5 Å². The lowest BCUT2D eigenvalue weighted by Crippen LogP contribution is -2.02. The zero-order valence-corrected chi connectivity index (χ0v) is 9.93. The summed E-state index contributed by atoms with van der Waals surface area (Å²) in [6.45, 7) is 0. The van der Waals surface area contributed by atoms with E-state index in [1.807, 2.05) is 0 Å². The molecule has 0 aliphatic carbocycles. The summed E-state index contributed by atoms with van der Waals surface area (Å²) in [5.74, 6) is 0.0179. The molecule has 2 rings (SSSR count). The third-order valence-corrected chi connectivity index (χ3v) is 3.27. The zero-order valence-electron chi connectivity index (χ0n) is 9.12. The molecule has 0 fully saturated rings. The molecule has 90 valence electrons. The minimum absolute atomic E-state index is 0.355. The first-order chi connectivity index (χ1) is 8.16. The van der Waals surface area contributed by atoms with E-state index in [2.05, 4.69) is 15.5 Å². The van der Waals surface area contributed by atoms with E-state index in [9.17, 15) is 9.50 Å². The molecule has 0 saturated carbocycles. The molecular formula is C10H11FN4OS. The average molecular weight is 254 g/mol. The number of hydrogen-bond donors (Lipinski definition) is 1. The number of aryl methyl sites for hydroxylation is 1. The van der Waals surface area contributed by atoms with Crippen LogP contribution in [0.3, 0.4) is 0 Å². The fraction of sp³-hybridized carbons (Fsp3) is 0.300. The predicted molar refractivity (Wildman–Crippen MR) is 60.9 cm³/mol. The van der Waals surface area contributed by atoms with Crippen molar-refractivity contribution >= 4 is 11.8 Å². The Bertz CT molecular complexity index is 505. The van der Waals surface area contributed by atoms with Crippen LogP contribution >= 0.6 is 11.8 Å². The number of nitrogens with zero attached hydrogens (tertiary/aromatic N) is 4. The van der Waals surface area contributed by atoms with Crippen LogP contribution < -0.4 is 0 Å². The van der Waals surface area contributed by atoms with Crippen LogP contribution in [-0.2, 0) is 7.05 Å². The van der Waals surface area contributed by atoms with E-state index in [-0.39, 0.29) is 5.82 Å². The minimum Gasteiger partial charge on any atom is -0.388 e. The number of thioether (sulfide) groups is 1. The lowest BCUT2D eigenvalue weighted by atomic mass is 10.1. The van der Waals surface area contributed by atoms with Crippen molar-refractivity contribution in [3.63, 3.8) is 0 Å². The number of tetrazole rings is 1. The van der Waals surface area contributed by atoms with Gasteiger partial charge >= 0.3 is 0 Å². The van der Waals surface area contributed by atoms with Crippen LogP contribution in [0.2, 0.25) is 0 Å². The molecule has 0 radical (unpaired) electrons. The molecule has 0 unspecified atom stereocenters. The predicted octanol–water partition coefficient (Wildman–Crippen LogP) is 1.17. The number of benzene rings is 1. The minimum atomic E-state index is -0.743. The Labute approximate surface area is 102 Å². The number of aliphatic hydroxyl groups is 1. The van der Waals surface area contributed by atoms with E-state index in [0.717, 1.165) is 0 Å². The molecule has 0 aliphatic heterocycles. The van der Waals surface area contributed by atoms with Gasteiger partial charge in [-0.2, -0.15) is 0 Å². The van der Waals surface area contributed by atoms with Crippen molar-refractivity contribution in [3.05, 3.63) is 35.6 Å². The van der Waals surface area contributed by atoms with Crippen LogP contribution in [0.25, 0.3) is 0 Å². The molecule has 1 atom stereocenters. The molecule has 1 aromatic carbocycles. The summed E-state index contributed by atoms with van der Waals surface area (Å²) in [6, 6.07) is 5.92. The van der Waals surface area contributed by atoms with Crippen LogP contribution in [0.4, 0.5) is 4.39 Å². The highest BCUT2D eigenvalue weighted by Gasteiger charge is 2.11. The van der Waals surface area contributed by atoms with E-state index in [1.165, 1.54) is 28.6 Å². The van der Waals surface area contributed by atoms with Crippen molar-refractivity contribution in [2.75, 3.05) is 5.75 Å². The number of halogens is 1. The normalized spacial score (nSPS) is 12.6. The Morgan fingerprint density at radius 2 is 2.35 bits per heavy atom. The summed E-state index contributed by atoms with van der Waals surface area (Å²) in [5.41, 5.74) is 0.549. The summed E-state index contributed by atoms with van der Waals surface area (Å²) in [6.07, 6.45) is -0.743. The zero-order chi connectivity index (χ0) is 12.3. The first-order valence-electron chi connectivity index (χ1n) is 4.95. The summed E-state index contributed by atoms with van der Waals surface area (Å²) in [4.78, 5) is 0. The molecule has 1 aromatic heterocycles. The molecule has 0 aliphatic rings. The van der Waals surface area contributed by atoms with Gasteiger partial charge in [-0.15, -0.1) is 5.10 Å². The standard InChI is InChI=1S/C10H11FN4OS/c1-15-10(12-13-14-15)17-6-9(16)7-3-2-4-8(11)5-7/h2-5,9,16H,6H2,1H3/t9-/m1/s1. The van der Waals surface area contributed by atoms with Crippen LogP contribution in [0.1, 0.15) is 11.7 Å². The Hall–Kier alpha value is -1.47. The maximum atomic E-state index is 13.0. The first kappa shape index (κ1) is 12.0. The van der Waals surface area contributed by atoms with E-state index < -0.39 is 6.10 Å². The molecule has 1 heterocycles. The highest BCUT2D eigenvalue weighted by atomic mass is 32.2. The van der Waals surface area contributed by atoms with E-state index in [4.69, 9.17) is 0 Å². The molecule has 7 heteroatoms. The summed E-state index contributed by atoms with van der Waals surface area (Å²) in [5, 5.41) is 21.4. The maximum absolute atomic E-state index is 13.0. The van der Waals surface area contributed by atoms with Crippen molar-refractivity contribution < 1.29 is 9.50 Å². The lowest BCUT2D eigenvalue weighted by molar-refractivity contribution is 0.203. The molecule has 2 aromatic rings. The SMILES string of the molecule is Cn1nnnc1SC[C@@H](O)c1cccc(F)c1. The van der Waals surface area contributed by atoms with Crippen molar-refractivity contribution in [2.24, 2.45) is 7.05 Å². The van der Waals surface area contributed by atoms with Crippen LogP contribution in [0, 0.1) is 5.82 Å². The Kier molecular flexibility index (Phi) is 3.70. The van der Waals surface area contributed by atoms with Gasteiger partial charge in [0.1, 0.15) is 5.82 Å². The number of rotatable bonds is 4. The number of aliphatic hydroxyl groups excluding tert-OH is 1. The van der Waals surface area contributed by atoms with Gasteiger partial charge in [0, 0.05) is 12.8 Å². The quantitative estimate of drug-likeness (QED) is 0.830. The van der Waals surface area contributed by atoms with Gasteiger partial charge in [-0.3, -0.25) is 0 Å². The second kappa shape index (κ2) is 5.24. The van der Waals surface area contributed by atoms with Gasteiger partial charge in [-0.25, -0.2) is 9.07 Å². The third-order valence-electron chi connectivity index (χ3n) is 2.19. The second-order valence-electron chi connectivity index (χ2n) is 3.47. The molecule has 0 saturated heterocycles. The number of hydrogen-bond acceptors (Lipinski definition) is 5. The van der Waals surface area contributed by atoms with Crippen LogP contribution in [0.15, 0.2) is 29.4 Å². The summed E-state index contributed by atoms with van der Waals surface area (Å²) < 4.78 is 14.5. The van der Waals surface area contributed by atoms with E-state index in [1.54, 1.807) is 19.2 Å². The molecular weight excluding hydrogens is 243 g/mol. The molecule has 0 amide bonds. The fourth-order valence-corrected chi connectivity index (χ4v) is 2.12. The largest absolute Gasteiger partial charge is 0.388 e. The van der Waals surface area contributed by atoms with Crippen molar-refractivity contribution in [2.45, 2.75) is 11.3 Å². The van der Waals surface area contributed by atoms with E-state index >= 15 is 0 Å². The van der Waals surface area contributed by atoms with Gasteiger partial charge in [-0.1, -0.05) is 23.9 Å². The Morgan fingerprint density at radius 1 is 1.53 bits per heavy atom. The topological polar surface area (TPSA) is 63.8 Å². The molecule has 0 bridgehead atoms. The van der Waals surface area contributed by atoms with Crippen molar-refractivity contribution in [3.8, 4) is 0 Å². The highest BCUT2D eigenvalue weighted by molar-refractivity contribution is 7.99. The summed E-state index contributed by atoms with van der Waals surface area (Å²) in [7, 11) is 1.72. The Morgan fingerprint density at radius 3 is 3.00 bits per heavy atom. The Balaban J connectivity index is 1.98. The third kappa shape index (κ3) is 3.01. The van der Waals surface area contributed by atoms with Gasteiger partial charge in [-0.05, 0) is 28.1 Å². The lowest BCUT2D eigenvalue weighted by Gasteiger charge is -2.09. The monoisotopic (exact) mass is 254 g/mol. The molecule has 5 nitrogen and oxygen atoms in total. The second-order valence-corrected chi connectivity index (χ2v) is 4.45. The average Bonchev–Trinajstić information content (AvgIpc) is 2.72. The molecule has 1 N–H and O–H groups in total.